The largest absolute Gasteiger partial charge is 0.496 e. The van der Waals surface area contributed by atoms with Gasteiger partial charge < -0.3 is 10.1 Å². The molecule has 20 heavy (non-hydrogen) atoms. The standard InChI is InChI=1S/C15H16N2O2.ClH/c1-3-11-10-13(4-5-14(11)19-2)17-15(18)12-6-8-16-9-7-12;/h4-10H,3H2,1-2H3,(H,17,18);1H. The normalized spacial score (nSPS) is 9.50. The number of nitrogens with one attached hydrogen (secondary N) is 1. The van der Waals surface area contributed by atoms with Crippen LogP contribution in [-0.2, 0) is 6.42 Å². The molecule has 1 aromatic carbocycles. The van der Waals surface area contributed by atoms with E-state index in [1.165, 1.54) is 0 Å². The molecule has 5 heteroatoms. The summed E-state index contributed by atoms with van der Waals surface area (Å²) in [5.74, 6) is 0.694. The van der Waals surface area contributed by atoms with Crippen molar-refractivity contribution in [2.24, 2.45) is 0 Å². The predicted molar refractivity (Wildman–Crippen MR) is 81.8 cm³/mol. The molecular formula is C15H17ClN2O2. The van der Waals surface area contributed by atoms with Crippen LogP contribution in [0.2, 0.25) is 0 Å². The van der Waals surface area contributed by atoms with Crippen LogP contribution in [0.1, 0.15) is 22.8 Å². The van der Waals surface area contributed by atoms with Gasteiger partial charge in [0.25, 0.3) is 5.91 Å². The number of benzene rings is 1. The average Bonchev–Trinajstić information content (AvgIpc) is 2.48. The van der Waals surface area contributed by atoms with Crippen LogP contribution in [0.5, 0.6) is 5.75 Å². The number of halogens is 1. The van der Waals surface area contributed by atoms with Crippen molar-refractivity contribution in [3.05, 3.63) is 53.9 Å². The number of pyridine rings is 1. The third kappa shape index (κ3) is 3.71. The monoisotopic (exact) mass is 292 g/mol. The topological polar surface area (TPSA) is 51.2 Å². The molecule has 0 radical (unpaired) electrons. The van der Waals surface area contributed by atoms with E-state index in [2.05, 4.69) is 10.3 Å². The quantitative estimate of drug-likeness (QED) is 0.940. The fourth-order valence-corrected chi connectivity index (χ4v) is 1.84. The average molecular weight is 293 g/mol. The Labute approximate surface area is 124 Å². The van der Waals surface area contributed by atoms with Crippen molar-refractivity contribution in [1.29, 1.82) is 0 Å². The summed E-state index contributed by atoms with van der Waals surface area (Å²) in [4.78, 5) is 15.9. The van der Waals surface area contributed by atoms with Gasteiger partial charge in [0.1, 0.15) is 5.75 Å². The summed E-state index contributed by atoms with van der Waals surface area (Å²) < 4.78 is 5.26. The highest BCUT2D eigenvalue weighted by atomic mass is 35.5. The van der Waals surface area contributed by atoms with Gasteiger partial charge in [-0.1, -0.05) is 6.92 Å². The fraction of sp³-hybridized carbons (Fsp3) is 0.200. The molecule has 0 spiro atoms. The summed E-state index contributed by atoms with van der Waals surface area (Å²) in [6, 6.07) is 8.98. The van der Waals surface area contributed by atoms with Gasteiger partial charge in [-0.25, -0.2) is 0 Å². The van der Waals surface area contributed by atoms with E-state index < -0.39 is 0 Å². The van der Waals surface area contributed by atoms with E-state index in [0.717, 1.165) is 23.4 Å². The minimum absolute atomic E-state index is 0. The number of carbonyl (C=O) groups excluding carboxylic acids is 1. The molecule has 0 aliphatic carbocycles. The molecular weight excluding hydrogens is 276 g/mol. The van der Waals surface area contributed by atoms with Gasteiger partial charge in [-0.05, 0) is 42.3 Å². The highest BCUT2D eigenvalue weighted by Crippen LogP contribution is 2.23. The molecule has 0 saturated heterocycles. The zero-order valence-electron chi connectivity index (χ0n) is 11.4. The van der Waals surface area contributed by atoms with Crippen LogP contribution in [-0.4, -0.2) is 18.0 Å². The maximum Gasteiger partial charge on any atom is 0.255 e. The summed E-state index contributed by atoms with van der Waals surface area (Å²) in [6.07, 6.45) is 4.04. The molecule has 1 amide bonds. The first-order valence-electron chi connectivity index (χ1n) is 6.13. The Morgan fingerprint density at radius 2 is 1.95 bits per heavy atom. The summed E-state index contributed by atoms with van der Waals surface area (Å²) in [5, 5.41) is 2.86. The van der Waals surface area contributed by atoms with Crippen LogP contribution in [0, 0.1) is 0 Å². The number of hydrogen-bond donors (Lipinski definition) is 1. The third-order valence-corrected chi connectivity index (χ3v) is 2.86. The lowest BCUT2D eigenvalue weighted by Gasteiger charge is -2.10. The second-order valence-corrected chi connectivity index (χ2v) is 4.07. The van der Waals surface area contributed by atoms with Gasteiger partial charge >= 0.3 is 0 Å². The smallest absolute Gasteiger partial charge is 0.255 e. The Morgan fingerprint density at radius 1 is 1.25 bits per heavy atom. The van der Waals surface area contributed by atoms with Crippen molar-refractivity contribution in [2.45, 2.75) is 13.3 Å². The Kier molecular flexibility index (Phi) is 6.00. The molecule has 0 aliphatic heterocycles. The van der Waals surface area contributed by atoms with Crippen LogP contribution in [0.15, 0.2) is 42.7 Å². The van der Waals surface area contributed by atoms with Gasteiger partial charge in [0, 0.05) is 23.6 Å². The molecule has 1 aromatic heterocycles. The Balaban J connectivity index is 0.00000200. The van der Waals surface area contributed by atoms with Crippen molar-refractivity contribution in [2.75, 3.05) is 12.4 Å². The lowest BCUT2D eigenvalue weighted by molar-refractivity contribution is 0.102. The van der Waals surface area contributed by atoms with Crippen molar-refractivity contribution < 1.29 is 9.53 Å². The van der Waals surface area contributed by atoms with E-state index in [1.54, 1.807) is 31.6 Å². The number of aryl methyl sites for hydroxylation is 1. The first-order chi connectivity index (χ1) is 9.24. The number of hydrogen-bond acceptors (Lipinski definition) is 3. The predicted octanol–water partition coefficient (Wildman–Crippen LogP) is 3.33. The number of nitrogens with zero attached hydrogens (tertiary/aromatic N) is 1. The molecule has 4 nitrogen and oxygen atoms in total. The Morgan fingerprint density at radius 3 is 2.55 bits per heavy atom. The van der Waals surface area contributed by atoms with Crippen molar-refractivity contribution in [1.82, 2.24) is 4.98 Å². The maximum absolute atomic E-state index is 12.0. The third-order valence-electron chi connectivity index (χ3n) is 2.86. The number of carbonyl (C=O) groups is 1. The molecule has 2 aromatic rings. The Hall–Kier alpha value is -2.07. The number of rotatable bonds is 4. The molecule has 106 valence electrons. The minimum atomic E-state index is -0.144. The summed E-state index contributed by atoms with van der Waals surface area (Å²) in [6.45, 7) is 2.05. The van der Waals surface area contributed by atoms with E-state index in [1.807, 2.05) is 25.1 Å². The number of aromatic nitrogens is 1. The molecule has 1 heterocycles. The van der Waals surface area contributed by atoms with Crippen LogP contribution in [0.3, 0.4) is 0 Å². The lowest BCUT2D eigenvalue weighted by atomic mass is 10.1. The molecule has 0 saturated carbocycles. The maximum atomic E-state index is 12.0. The van der Waals surface area contributed by atoms with Crippen molar-refractivity contribution in [3.63, 3.8) is 0 Å². The summed E-state index contributed by atoms with van der Waals surface area (Å²) in [7, 11) is 1.64. The Bertz CT molecular complexity index is 573. The molecule has 0 bridgehead atoms. The van der Waals surface area contributed by atoms with Gasteiger partial charge in [-0.15, -0.1) is 12.4 Å². The van der Waals surface area contributed by atoms with Gasteiger partial charge in [0.05, 0.1) is 7.11 Å². The van der Waals surface area contributed by atoms with E-state index in [4.69, 9.17) is 4.74 Å². The van der Waals surface area contributed by atoms with Crippen molar-refractivity contribution in [3.8, 4) is 5.75 Å². The van der Waals surface area contributed by atoms with Crippen LogP contribution >= 0.6 is 12.4 Å². The van der Waals surface area contributed by atoms with Crippen molar-refractivity contribution >= 4 is 24.0 Å². The first-order valence-corrected chi connectivity index (χ1v) is 6.13. The van der Waals surface area contributed by atoms with Crippen LogP contribution < -0.4 is 10.1 Å². The van der Waals surface area contributed by atoms with E-state index in [0.29, 0.717) is 5.56 Å². The van der Waals surface area contributed by atoms with Crippen LogP contribution in [0.25, 0.3) is 0 Å². The highest BCUT2D eigenvalue weighted by molar-refractivity contribution is 6.04. The molecule has 0 aliphatic rings. The molecule has 0 fully saturated rings. The first kappa shape index (κ1) is 16.0. The molecule has 1 N–H and O–H groups in total. The SMILES string of the molecule is CCc1cc(NC(=O)c2ccncc2)ccc1OC.Cl. The van der Waals surface area contributed by atoms with E-state index >= 15 is 0 Å². The minimum Gasteiger partial charge on any atom is -0.496 e. The van der Waals surface area contributed by atoms with Gasteiger partial charge in [-0.2, -0.15) is 0 Å². The number of methoxy groups -OCH3 is 1. The van der Waals surface area contributed by atoms with E-state index in [9.17, 15) is 4.79 Å². The molecule has 2 rings (SSSR count). The summed E-state index contributed by atoms with van der Waals surface area (Å²) >= 11 is 0. The number of ether oxygens (including phenoxy) is 1. The second-order valence-electron chi connectivity index (χ2n) is 4.07. The summed E-state index contributed by atoms with van der Waals surface area (Å²) in [5.41, 5.74) is 2.42. The zero-order chi connectivity index (χ0) is 13.7. The number of amides is 1. The fourth-order valence-electron chi connectivity index (χ4n) is 1.84. The zero-order valence-corrected chi connectivity index (χ0v) is 12.2. The van der Waals surface area contributed by atoms with Gasteiger partial charge in [0.15, 0.2) is 0 Å². The van der Waals surface area contributed by atoms with Gasteiger partial charge in [0.2, 0.25) is 0 Å². The highest BCUT2D eigenvalue weighted by Gasteiger charge is 2.07. The molecule has 0 unspecified atom stereocenters. The lowest BCUT2D eigenvalue weighted by Crippen LogP contribution is -2.12. The van der Waals surface area contributed by atoms with E-state index in [-0.39, 0.29) is 18.3 Å². The number of anilines is 1. The van der Waals surface area contributed by atoms with Crippen LogP contribution in [0.4, 0.5) is 5.69 Å². The van der Waals surface area contributed by atoms with Gasteiger partial charge in [-0.3, -0.25) is 9.78 Å². The second kappa shape index (κ2) is 7.50. The molecule has 0 atom stereocenters.